The van der Waals surface area contributed by atoms with E-state index >= 15 is 0 Å². The molecule has 0 aromatic heterocycles. The topological polar surface area (TPSA) is 46.5 Å². The molecule has 2 aliphatic rings. The summed E-state index contributed by atoms with van der Waals surface area (Å²) < 4.78 is 0. The van der Waals surface area contributed by atoms with Crippen LogP contribution in [-0.4, -0.2) is 17.4 Å². The highest BCUT2D eigenvalue weighted by molar-refractivity contribution is 6.35. The van der Waals surface area contributed by atoms with Gasteiger partial charge in [0.2, 0.25) is 0 Å². The van der Waals surface area contributed by atoms with Gasteiger partial charge in [-0.15, -0.1) is 0 Å². The summed E-state index contributed by atoms with van der Waals surface area (Å²) in [5, 5.41) is 1.61. The Hall–Kier alpha value is -2.46. The average molecular weight is 457 g/mol. The van der Waals surface area contributed by atoms with Gasteiger partial charge in [0.15, 0.2) is 5.78 Å². The van der Waals surface area contributed by atoms with Gasteiger partial charge in [0.05, 0.1) is 5.71 Å². The molecule has 3 nitrogen and oxygen atoms in total. The van der Waals surface area contributed by atoms with Crippen molar-refractivity contribution in [2.75, 3.05) is 0 Å². The van der Waals surface area contributed by atoms with Gasteiger partial charge >= 0.3 is 0 Å². The summed E-state index contributed by atoms with van der Waals surface area (Å²) in [6.45, 7) is 0. The number of halogens is 3. The Labute approximate surface area is 189 Å². The highest BCUT2D eigenvalue weighted by Gasteiger charge is 2.37. The first-order valence-corrected chi connectivity index (χ1v) is 10.5. The molecule has 0 bridgehead atoms. The number of carbonyl (C=O) groups is 2. The average Bonchev–Trinajstić information content (AvgIpc) is 2.71. The van der Waals surface area contributed by atoms with Crippen LogP contribution in [0, 0.1) is 5.92 Å². The second kappa shape index (κ2) is 8.73. The molecule has 1 aliphatic carbocycles. The Morgan fingerprint density at radius 2 is 1.70 bits per heavy atom. The second-order valence-electron chi connectivity index (χ2n) is 7.05. The lowest BCUT2D eigenvalue weighted by atomic mass is 9.79. The zero-order valence-electron chi connectivity index (χ0n) is 15.7. The molecule has 0 saturated carbocycles. The summed E-state index contributed by atoms with van der Waals surface area (Å²) in [5.74, 6) is -1.85. The van der Waals surface area contributed by atoms with Gasteiger partial charge < -0.3 is 0 Å². The Morgan fingerprint density at radius 1 is 1.00 bits per heavy atom. The van der Waals surface area contributed by atoms with E-state index in [4.69, 9.17) is 34.8 Å². The molecule has 0 N–H and O–H groups in total. The molecule has 1 heterocycles. The predicted molar refractivity (Wildman–Crippen MR) is 123 cm³/mol. The van der Waals surface area contributed by atoms with E-state index < -0.39 is 11.8 Å². The monoisotopic (exact) mass is 455 g/mol. The lowest BCUT2D eigenvalue weighted by Gasteiger charge is -2.27. The van der Waals surface area contributed by atoms with Crippen molar-refractivity contribution in [2.24, 2.45) is 10.9 Å². The van der Waals surface area contributed by atoms with Crippen molar-refractivity contribution in [1.29, 1.82) is 0 Å². The second-order valence-corrected chi connectivity index (χ2v) is 8.41. The normalized spacial score (nSPS) is 18.9. The Morgan fingerprint density at radius 3 is 2.40 bits per heavy atom. The standard InChI is InChI=1S/C24H16Cl3NO2/c25-16-7-8-20-19(13-16)22(15-4-2-1-3-5-15)23(24(30)28-20)21(29)9-6-14-10-17(26)12-18(27)11-14/h1-6,9-13,23H,7-8H2/b9-6+. The molecule has 30 heavy (non-hydrogen) atoms. The SMILES string of the molecule is O=C(/C=C/c1cc(Cl)cc(Cl)c1)C1C(=O)N=C2CCC(Cl)=CC2=C1c1ccccc1. The fourth-order valence-electron chi connectivity index (χ4n) is 3.66. The van der Waals surface area contributed by atoms with Gasteiger partial charge in [0.25, 0.3) is 5.91 Å². The molecule has 1 unspecified atom stereocenters. The molecular formula is C24H16Cl3NO2. The van der Waals surface area contributed by atoms with E-state index in [1.54, 1.807) is 24.3 Å². The lowest BCUT2D eigenvalue weighted by molar-refractivity contribution is -0.127. The maximum absolute atomic E-state index is 13.2. The number of nitrogens with zero attached hydrogens (tertiary/aromatic N) is 1. The van der Waals surface area contributed by atoms with Crippen LogP contribution in [0.15, 0.2) is 76.3 Å². The number of carbonyl (C=O) groups excluding carboxylic acids is 2. The van der Waals surface area contributed by atoms with Gasteiger partial charge in [0, 0.05) is 20.7 Å². The van der Waals surface area contributed by atoms with Crippen LogP contribution in [0.1, 0.15) is 24.0 Å². The molecule has 4 rings (SSSR count). The van der Waals surface area contributed by atoms with Crippen LogP contribution < -0.4 is 0 Å². The van der Waals surface area contributed by atoms with Crippen molar-refractivity contribution >= 4 is 63.9 Å². The van der Waals surface area contributed by atoms with E-state index in [1.807, 2.05) is 36.4 Å². The van der Waals surface area contributed by atoms with Crippen LogP contribution in [0.25, 0.3) is 11.6 Å². The minimum absolute atomic E-state index is 0.361. The van der Waals surface area contributed by atoms with Crippen LogP contribution in [0.5, 0.6) is 0 Å². The van der Waals surface area contributed by atoms with E-state index in [2.05, 4.69) is 4.99 Å². The molecular weight excluding hydrogens is 441 g/mol. The number of benzene rings is 2. The number of hydrogen-bond acceptors (Lipinski definition) is 2. The number of hydrogen-bond donors (Lipinski definition) is 0. The zero-order valence-corrected chi connectivity index (χ0v) is 18.0. The van der Waals surface area contributed by atoms with Crippen molar-refractivity contribution in [3.8, 4) is 0 Å². The minimum atomic E-state index is -1.03. The van der Waals surface area contributed by atoms with Crippen LogP contribution in [-0.2, 0) is 9.59 Å². The summed E-state index contributed by atoms with van der Waals surface area (Å²) in [6.07, 6.45) is 6.00. The van der Waals surface area contributed by atoms with E-state index in [1.165, 1.54) is 6.08 Å². The van der Waals surface area contributed by atoms with Crippen LogP contribution in [0.4, 0.5) is 0 Å². The van der Waals surface area contributed by atoms with Gasteiger partial charge in [-0.2, -0.15) is 0 Å². The zero-order chi connectivity index (χ0) is 21.3. The molecule has 0 saturated heterocycles. The van der Waals surface area contributed by atoms with Gasteiger partial charge in [-0.1, -0.05) is 71.2 Å². The summed E-state index contributed by atoms with van der Waals surface area (Å²) in [4.78, 5) is 30.3. The van der Waals surface area contributed by atoms with Crippen LogP contribution in [0.2, 0.25) is 10.0 Å². The molecule has 1 aliphatic heterocycles. The third-order valence-electron chi connectivity index (χ3n) is 4.98. The van der Waals surface area contributed by atoms with Crippen molar-refractivity contribution in [3.63, 3.8) is 0 Å². The summed E-state index contributed by atoms with van der Waals surface area (Å²) in [5.41, 5.74) is 3.55. The van der Waals surface area contributed by atoms with Gasteiger partial charge in [0.1, 0.15) is 5.92 Å². The number of allylic oxidation sites excluding steroid dienone is 4. The molecule has 0 spiro atoms. The number of rotatable bonds is 4. The van der Waals surface area contributed by atoms with Crippen molar-refractivity contribution < 1.29 is 9.59 Å². The Kier molecular flexibility index (Phi) is 6.05. The van der Waals surface area contributed by atoms with Crippen molar-refractivity contribution in [3.05, 3.63) is 92.5 Å². The minimum Gasteiger partial charge on any atom is -0.294 e. The molecule has 6 heteroatoms. The first-order chi connectivity index (χ1) is 14.4. The fourth-order valence-corrected chi connectivity index (χ4v) is 4.41. The Bertz CT molecular complexity index is 1140. The molecule has 1 atom stereocenters. The van der Waals surface area contributed by atoms with Crippen LogP contribution in [0.3, 0.4) is 0 Å². The van der Waals surface area contributed by atoms with Gasteiger partial charge in [-0.25, -0.2) is 4.99 Å². The molecule has 2 aromatic carbocycles. The molecule has 150 valence electrons. The quantitative estimate of drug-likeness (QED) is 0.387. The first-order valence-electron chi connectivity index (χ1n) is 9.38. The Balaban J connectivity index is 1.78. The fraction of sp³-hybridized carbons (Fsp3) is 0.125. The highest BCUT2D eigenvalue weighted by atomic mass is 35.5. The van der Waals surface area contributed by atoms with Crippen molar-refractivity contribution in [2.45, 2.75) is 12.8 Å². The van der Waals surface area contributed by atoms with E-state index in [0.29, 0.717) is 44.8 Å². The number of fused-ring (bicyclic) bond motifs is 1. The summed E-state index contributed by atoms with van der Waals surface area (Å²) >= 11 is 18.3. The highest BCUT2D eigenvalue weighted by Crippen LogP contribution is 2.38. The number of dihydropyridines is 1. The third kappa shape index (κ3) is 4.34. The number of aliphatic imine (C=N–C) groups is 1. The third-order valence-corrected chi connectivity index (χ3v) is 5.71. The summed E-state index contributed by atoms with van der Waals surface area (Å²) in [7, 11) is 0. The van der Waals surface area contributed by atoms with Gasteiger partial charge in [-0.3, -0.25) is 9.59 Å². The smallest absolute Gasteiger partial charge is 0.261 e. The molecule has 0 radical (unpaired) electrons. The maximum Gasteiger partial charge on any atom is 0.261 e. The predicted octanol–water partition coefficient (Wildman–Crippen LogP) is 6.54. The maximum atomic E-state index is 13.2. The van der Waals surface area contributed by atoms with E-state index in [0.717, 1.165) is 11.1 Å². The summed E-state index contributed by atoms with van der Waals surface area (Å²) in [6, 6.07) is 14.4. The number of ketones is 1. The van der Waals surface area contributed by atoms with Gasteiger partial charge in [-0.05, 0) is 59.9 Å². The first kappa shape index (κ1) is 20.8. The van der Waals surface area contributed by atoms with Crippen molar-refractivity contribution in [1.82, 2.24) is 0 Å². The molecule has 2 aromatic rings. The molecule has 1 amide bonds. The lowest BCUT2D eigenvalue weighted by Crippen LogP contribution is -2.30. The molecule has 0 fully saturated rings. The largest absolute Gasteiger partial charge is 0.294 e. The van der Waals surface area contributed by atoms with E-state index in [9.17, 15) is 9.59 Å². The van der Waals surface area contributed by atoms with E-state index in [-0.39, 0.29) is 5.78 Å². The number of amides is 1. The van der Waals surface area contributed by atoms with Crippen LogP contribution >= 0.6 is 34.8 Å².